The number of aromatic hydroxyl groups is 3. The van der Waals surface area contributed by atoms with Crippen LogP contribution in [0.15, 0.2) is 88.8 Å². The maximum Gasteiger partial charge on any atom is 0.128 e. The fourth-order valence-electron chi connectivity index (χ4n) is 3.58. The van der Waals surface area contributed by atoms with Crippen LogP contribution in [0, 0.1) is 0 Å². The Morgan fingerprint density at radius 3 is 1.77 bits per heavy atom. The SMILES string of the molecule is CC(=Nc1cccc2cccc(N=C(C)c3ccc(O)cc3O)c12)c1ccccc1O. The molecule has 0 fully saturated rings. The molecule has 5 nitrogen and oxygen atoms in total. The molecule has 0 radical (unpaired) electrons. The highest BCUT2D eigenvalue weighted by molar-refractivity contribution is 6.09. The van der Waals surface area contributed by atoms with E-state index >= 15 is 0 Å². The zero-order valence-corrected chi connectivity index (χ0v) is 17.2. The van der Waals surface area contributed by atoms with Crippen LogP contribution >= 0.6 is 0 Å². The Hall–Kier alpha value is -4.12. The van der Waals surface area contributed by atoms with Crippen LogP contribution in [-0.2, 0) is 0 Å². The van der Waals surface area contributed by atoms with Gasteiger partial charge in [0.25, 0.3) is 0 Å². The van der Waals surface area contributed by atoms with Crippen molar-refractivity contribution >= 4 is 33.6 Å². The van der Waals surface area contributed by atoms with Crippen molar-refractivity contribution in [1.82, 2.24) is 0 Å². The maximum absolute atomic E-state index is 10.2. The first-order chi connectivity index (χ1) is 14.9. The lowest BCUT2D eigenvalue weighted by Gasteiger charge is -2.10. The summed E-state index contributed by atoms with van der Waals surface area (Å²) >= 11 is 0. The molecule has 0 bridgehead atoms. The molecule has 154 valence electrons. The van der Waals surface area contributed by atoms with Crippen LogP contribution in [0.2, 0.25) is 0 Å². The molecule has 0 atom stereocenters. The lowest BCUT2D eigenvalue weighted by Crippen LogP contribution is -1.95. The second kappa shape index (κ2) is 8.32. The number of hydrogen-bond acceptors (Lipinski definition) is 5. The van der Waals surface area contributed by atoms with Crippen LogP contribution in [0.5, 0.6) is 17.2 Å². The monoisotopic (exact) mass is 410 g/mol. The molecule has 3 N–H and O–H groups in total. The van der Waals surface area contributed by atoms with Gasteiger partial charge in [-0.1, -0.05) is 36.4 Å². The zero-order chi connectivity index (χ0) is 22.0. The third-order valence-electron chi connectivity index (χ3n) is 5.10. The highest BCUT2D eigenvalue weighted by atomic mass is 16.3. The van der Waals surface area contributed by atoms with E-state index < -0.39 is 0 Å². The summed E-state index contributed by atoms with van der Waals surface area (Å²) in [5, 5.41) is 31.8. The molecule has 0 saturated heterocycles. The number of rotatable bonds is 4. The van der Waals surface area contributed by atoms with Crippen molar-refractivity contribution in [2.24, 2.45) is 9.98 Å². The van der Waals surface area contributed by atoms with Crippen LogP contribution in [0.1, 0.15) is 25.0 Å². The van der Waals surface area contributed by atoms with E-state index in [0.717, 1.165) is 16.5 Å². The fraction of sp³-hybridized carbons (Fsp3) is 0.0769. The first-order valence-corrected chi connectivity index (χ1v) is 9.87. The fourth-order valence-corrected chi connectivity index (χ4v) is 3.58. The molecule has 4 aromatic carbocycles. The predicted molar refractivity (Wildman–Crippen MR) is 126 cm³/mol. The smallest absolute Gasteiger partial charge is 0.128 e. The Kier molecular flexibility index (Phi) is 5.41. The Labute approximate surface area is 180 Å². The van der Waals surface area contributed by atoms with Gasteiger partial charge >= 0.3 is 0 Å². The molecule has 0 spiro atoms. The quantitative estimate of drug-likeness (QED) is 0.348. The van der Waals surface area contributed by atoms with E-state index in [2.05, 4.69) is 0 Å². The van der Waals surface area contributed by atoms with Crippen molar-refractivity contribution in [3.8, 4) is 17.2 Å². The van der Waals surface area contributed by atoms with Crippen molar-refractivity contribution in [3.63, 3.8) is 0 Å². The van der Waals surface area contributed by atoms with Gasteiger partial charge in [0, 0.05) is 34.0 Å². The molecule has 0 unspecified atom stereocenters. The van der Waals surface area contributed by atoms with Gasteiger partial charge in [-0.25, -0.2) is 0 Å². The maximum atomic E-state index is 10.2. The molecule has 5 heteroatoms. The second-order valence-corrected chi connectivity index (χ2v) is 7.27. The van der Waals surface area contributed by atoms with Gasteiger partial charge in [0.05, 0.1) is 11.4 Å². The molecular weight excluding hydrogens is 388 g/mol. The molecule has 0 aliphatic heterocycles. The van der Waals surface area contributed by atoms with E-state index in [4.69, 9.17) is 9.98 Å². The van der Waals surface area contributed by atoms with Crippen molar-refractivity contribution in [2.75, 3.05) is 0 Å². The average molecular weight is 410 g/mol. The standard InChI is InChI=1S/C26H22N2O3/c1-16(20-9-3-4-12-24(20)30)27-22-10-5-7-18-8-6-11-23(26(18)22)28-17(2)21-14-13-19(29)15-25(21)31/h3-15,29-31H,1-2H3. The number of phenolic OH excluding ortho intramolecular Hbond substituents is 3. The average Bonchev–Trinajstić information content (AvgIpc) is 2.74. The molecule has 31 heavy (non-hydrogen) atoms. The molecule has 0 saturated carbocycles. The van der Waals surface area contributed by atoms with E-state index in [1.54, 1.807) is 18.2 Å². The van der Waals surface area contributed by atoms with Crippen LogP contribution in [0.4, 0.5) is 11.4 Å². The van der Waals surface area contributed by atoms with E-state index in [0.29, 0.717) is 28.2 Å². The minimum absolute atomic E-state index is 0.00419. The predicted octanol–water partition coefficient (Wildman–Crippen LogP) is 6.24. The van der Waals surface area contributed by atoms with Gasteiger partial charge < -0.3 is 15.3 Å². The van der Waals surface area contributed by atoms with E-state index in [1.165, 1.54) is 12.1 Å². The van der Waals surface area contributed by atoms with Gasteiger partial charge in [0.1, 0.15) is 17.2 Å². The summed E-state index contributed by atoms with van der Waals surface area (Å²) in [6.07, 6.45) is 0. The van der Waals surface area contributed by atoms with Gasteiger partial charge in [-0.15, -0.1) is 0 Å². The van der Waals surface area contributed by atoms with Crippen molar-refractivity contribution in [2.45, 2.75) is 13.8 Å². The number of benzene rings is 4. The third kappa shape index (κ3) is 4.12. The molecule has 0 aliphatic carbocycles. The molecule has 4 rings (SSSR count). The van der Waals surface area contributed by atoms with Gasteiger partial charge in [-0.3, -0.25) is 9.98 Å². The molecule has 0 aliphatic rings. The summed E-state index contributed by atoms with van der Waals surface area (Å²) in [6, 6.07) is 23.2. The number of para-hydroxylation sites is 1. The van der Waals surface area contributed by atoms with Gasteiger partial charge in [0.2, 0.25) is 0 Å². The molecule has 0 amide bonds. The van der Waals surface area contributed by atoms with Crippen LogP contribution in [0.3, 0.4) is 0 Å². The first-order valence-electron chi connectivity index (χ1n) is 9.87. The first kappa shape index (κ1) is 20.2. The topological polar surface area (TPSA) is 85.4 Å². The van der Waals surface area contributed by atoms with Crippen molar-refractivity contribution in [3.05, 3.63) is 90.0 Å². The lowest BCUT2D eigenvalue weighted by atomic mass is 10.1. The molecule has 0 aromatic heterocycles. The summed E-state index contributed by atoms with van der Waals surface area (Å²) in [5.74, 6) is 0.145. The Balaban J connectivity index is 1.87. The Morgan fingerprint density at radius 1 is 0.613 bits per heavy atom. The number of aliphatic imine (C=N–C) groups is 2. The van der Waals surface area contributed by atoms with E-state index in [-0.39, 0.29) is 17.2 Å². The van der Waals surface area contributed by atoms with Crippen LogP contribution in [-0.4, -0.2) is 26.7 Å². The van der Waals surface area contributed by atoms with E-state index in [1.807, 2.05) is 62.4 Å². The summed E-state index contributed by atoms with van der Waals surface area (Å²) in [4.78, 5) is 9.56. The third-order valence-corrected chi connectivity index (χ3v) is 5.10. The van der Waals surface area contributed by atoms with Gasteiger partial charge in [0.15, 0.2) is 0 Å². The minimum atomic E-state index is -0.0323. The molecular formula is C26H22N2O3. The number of nitrogens with zero attached hydrogens (tertiary/aromatic N) is 2. The van der Waals surface area contributed by atoms with Crippen LogP contribution in [0.25, 0.3) is 10.8 Å². The number of phenols is 3. The second-order valence-electron chi connectivity index (χ2n) is 7.27. The highest BCUT2D eigenvalue weighted by Gasteiger charge is 2.10. The summed E-state index contributed by atoms with van der Waals surface area (Å²) < 4.78 is 0. The minimum Gasteiger partial charge on any atom is -0.508 e. The molecule has 0 heterocycles. The Bertz CT molecular complexity index is 1330. The van der Waals surface area contributed by atoms with E-state index in [9.17, 15) is 15.3 Å². The van der Waals surface area contributed by atoms with Gasteiger partial charge in [-0.05, 0) is 55.6 Å². The number of hydrogen-bond donors (Lipinski definition) is 3. The van der Waals surface area contributed by atoms with Crippen molar-refractivity contribution in [1.29, 1.82) is 0 Å². The summed E-state index contributed by atoms with van der Waals surface area (Å²) in [5.41, 5.74) is 3.97. The summed E-state index contributed by atoms with van der Waals surface area (Å²) in [7, 11) is 0. The Morgan fingerprint density at radius 2 is 1.19 bits per heavy atom. The normalized spacial score (nSPS) is 12.3. The summed E-state index contributed by atoms with van der Waals surface area (Å²) in [6.45, 7) is 3.67. The lowest BCUT2D eigenvalue weighted by molar-refractivity contribution is 0.450. The van der Waals surface area contributed by atoms with Crippen LogP contribution < -0.4 is 0 Å². The van der Waals surface area contributed by atoms with Crippen molar-refractivity contribution < 1.29 is 15.3 Å². The number of fused-ring (bicyclic) bond motifs is 1. The molecule has 4 aromatic rings. The van der Waals surface area contributed by atoms with Gasteiger partial charge in [-0.2, -0.15) is 0 Å². The zero-order valence-electron chi connectivity index (χ0n) is 17.2. The largest absolute Gasteiger partial charge is 0.508 e. The highest BCUT2D eigenvalue weighted by Crippen LogP contribution is 2.36.